The first kappa shape index (κ1) is 22.0. The first-order chi connectivity index (χ1) is 14.5. The molecule has 8 heteroatoms. The number of nitrogens with two attached hydrogens (primary N) is 1. The molecule has 1 aromatic carbocycles. The number of fused-ring (bicyclic) bond motifs is 1. The van der Waals surface area contributed by atoms with E-state index in [4.69, 9.17) is 15.5 Å². The third-order valence-corrected chi connectivity index (χ3v) is 4.76. The zero-order valence-electron chi connectivity index (χ0n) is 17.9. The molecule has 1 unspecified atom stereocenters. The Bertz CT molecular complexity index is 956. The number of aromatic nitrogens is 3. The van der Waals surface area contributed by atoms with Crippen LogP contribution in [0.2, 0.25) is 0 Å². The van der Waals surface area contributed by atoms with Crippen LogP contribution in [0.15, 0.2) is 36.5 Å². The maximum Gasteiger partial charge on any atom is 0.160 e. The van der Waals surface area contributed by atoms with E-state index in [9.17, 15) is 5.11 Å². The summed E-state index contributed by atoms with van der Waals surface area (Å²) in [5.74, 6) is 0.694. The zero-order chi connectivity index (χ0) is 21.5. The van der Waals surface area contributed by atoms with Gasteiger partial charge < -0.3 is 26.2 Å². The van der Waals surface area contributed by atoms with Crippen molar-refractivity contribution in [2.24, 2.45) is 5.73 Å². The summed E-state index contributed by atoms with van der Waals surface area (Å²) in [6.45, 7) is 6.31. The Morgan fingerprint density at radius 2 is 2.10 bits per heavy atom. The molecule has 0 aliphatic carbocycles. The molecule has 0 saturated carbocycles. The molecule has 0 aliphatic heterocycles. The smallest absolute Gasteiger partial charge is 0.160 e. The van der Waals surface area contributed by atoms with Crippen molar-refractivity contribution < 1.29 is 9.84 Å². The van der Waals surface area contributed by atoms with E-state index >= 15 is 0 Å². The van der Waals surface area contributed by atoms with Crippen molar-refractivity contribution in [3.63, 3.8) is 0 Å². The lowest BCUT2D eigenvalue weighted by Gasteiger charge is -2.14. The molecule has 5 N–H and O–H groups in total. The second kappa shape index (κ2) is 10.4. The molecule has 0 radical (unpaired) electrons. The van der Waals surface area contributed by atoms with E-state index in [0.717, 1.165) is 40.9 Å². The molecule has 0 bridgehead atoms. The molecular weight excluding hydrogens is 380 g/mol. The molecule has 2 heterocycles. The molecule has 8 nitrogen and oxygen atoms in total. The maximum atomic E-state index is 9.89. The fourth-order valence-electron chi connectivity index (χ4n) is 3.25. The van der Waals surface area contributed by atoms with Crippen molar-refractivity contribution in [1.82, 2.24) is 20.1 Å². The van der Waals surface area contributed by atoms with Gasteiger partial charge in [-0.2, -0.15) is 5.10 Å². The van der Waals surface area contributed by atoms with Gasteiger partial charge in [0, 0.05) is 30.4 Å². The number of ether oxygens (including phenoxy) is 1. The molecule has 2 aromatic heterocycles. The number of hydrogen-bond donors (Lipinski definition) is 4. The van der Waals surface area contributed by atoms with E-state index in [1.807, 2.05) is 41.2 Å². The number of pyridine rings is 1. The van der Waals surface area contributed by atoms with E-state index in [2.05, 4.69) is 29.6 Å². The summed E-state index contributed by atoms with van der Waals surface area (Å²) >= 11 is 0. The number of nitrogens with one attached hydrogen (secondary N) is 2. The van der Waals surface area contributed by atoms with Gasteiger partial charge in [0.1, 0.15) is 18.5 Å². The molecule has 0 amide bonds. The van der Waals surface area contributed by atoms with Crippen LogP contribution in [0.3, 0.4) is 0 Å². The Hall–Kier alpha value is -2.68. The Morgan fingerprint density at radius 3 is 2.83 bits per heavy atom. The predicted molar refractivity (Wildman–Crippen MR) is 121 cm³/mol. The van der Waals surface area contributed by atoms with Crippen molar-refractivity contribution >= 4 is 16.7 Å². The van der Waals surface area contributed by atoms with Gasteiger partial charge in [0.05, 0.1) is 17.3 Å². The van der Waals surface area contributed by atoms with Crippen LogP contribution in [0.25, 0.3) is 22.3 Å². The molecular formula is C22H32N6O2. The Balaban J connectivity index is 1.94. The molecule has 0 saturated heterocycles. The normalized spacial score (nSPS) is 12.5. The molecule has 1 atom stereocenters. The SMILES string of the molecule is CNCC(O)COc1cccc(-c2cc(NCCCN)c3cnn(C(C)C)c3n2)c1. The highest BCUT2D eigenvalue weighted by atomic mass is 16.5. The van der Waals surface area contributed by atoms with Gasteiger partial charge in [0.2, 0.25) is 0 Å². The molecule has 0 spiro atoms. The van der Waals surface area contributed by atoms with Crippen molar-refractivity contribution in [2.45, 2.75) is 32.4 Å². The zero-order valence-corrected chi connectivity index (χ0v) is 17.9. The number of hydrogen-bond acceptors (Lipinski definition) is 7. The number of likely N-dealkylation sites (N-methyl/N-ethyl adjacent to an activating group) is 1. The summed E-state index contributed by atoms with van der Waals surface area (Å²) in [6, 6.07) is 10.0. The lowest BCUT2D eigenvalue weighted by molar-refractivity contribution is 0.108. The van der Waals surface area contributed by atoms with Crippen molar-refractivity contribution in [3.8, 4) is 17.0 Å². The lowest BCUT2D eigenvalue weighted by Crippen LogP contribution is -2.29. The standard InChI is InChI=1S/C22H32N6O2/c1-15(2)28-22-19(13-26-28)21(25-9-5-8-23)11-20(27-22)16-6-4-7-18(10-16)30-14-17(29)12-24-3/h4,6-7,10-11,13,15,17,24,29H,5,8-9,12,14,23H2,1-3H3,(H,25,27). The number of rotatable bonds is 11. The summed E-state index contributed by atoms with van der Waals surface area (Å²) in [6.07, 6.45) is 2.18. The lowest BCUT2D eigenvalue weighted by atomic mass is 10.1. The van der Waals surface area contributed by atoms with Crippen LogP contribution in [0.1, 0.15) is 26.3 Å². The fourth-order valence-corrected chi connectivity index (χ4v) is 3.25. The minimum atomic E-state index is -0.563. The van der Waals surface area contributed by atoms with Gasteiger partial charge in [-0.25, -0.2) is 9.67 Å². The van der Waals surface area contributed by atoms with E-state index < -0.39 is 6.10 Å². The van der Waals surface area contributed by atoms with Gasteiger partial charge >= 0.3 is 0 Å². The van der Waals surface area contributed by atoms with E-state index in [1.165, 1.54) is 0 Å². The highest BCUT2D eigenvalue weighted by Gasteiger charge is 2.14. The summed E-state index contributed by atoms with van der Waals surface area (Å²) < 4.78 is 7.69. The van der Waals surface area contributed by atoms with Crippen LogP contribution in [0.5, 0.6) is 5.75 Å². The second-order valence-electron chi connectivity index (χ2n) is 7.59. The van der Waals surface area contributed by atoms with Crippen LogP contribution >= 0.6 is 0 Å². The van der Waals surface area contributed by atoms with E-state index in [1.54, 1.807) is 7.05 Å². The highest BCUT2D eigenvalue weighted by molar-refractivity contribution is 5.91. The second-order valence-corrected chi connectivity index (χ2v) is 7.59. The average molecular weight is 413 g/mol. The van der Waals surface area contributed by atoms with Gasteiger partial charge in [-0.3, -0.25) is 0 Å². The van der Waals surface area contributed by atoms with E-state index in [-0.39, 0.29) is 12.6 Å². The largest absolute Gasteiger partial charge is 0.491 e. The third-order valence-electron chi connectivity index (χ3n) is 4.76. The first-order valence-electron chi connectivity index (χ1n) is 10.4. The van der Waals surface area contributed by atoms with Gasteiger partial charge in [-0.15, -0.1) is 0 Å². The molecule has 162 valence electrons. The molecule has 3 rings (SSSR count). The summed E-state index contributed by atoms with van der Waals surface area (Å²) in [5.41, 5.74) is 9.26. The minimum absolute atomic E-state index is 0.200. The quantitative estimate of drug-likeness (QED) is 0.358. The Kier molecular flexibility index (Phi) is 7.62. The van der Waals surface area contributed by atoms with Gasteiger partial charge in [-0.05, 0) is 52.1 Å². The molecule has 0 fully saturated rings. The van der Waals surface area contributed by atoms with Gasteiger partial charge in [0.15, 0.2) is 5.65 Å². The van der Waals surface area contributed by atoms with Crippen LogP contribution in [0, 0.1) is 0 Å². The van der Waals surface area contributed by atoms with Crippen molar-refractivity contribution in [2.75, 3.05) is 38.6 Å². The number of aliphatic hydroxyl groups excluding tert-OH is 1. The number of benzene rings is 1. The first-order valence-corrected chi connectivity index (χ1v) is 10.4. The summed E-state index contributed by atoms with van der Waals surface area (Å²) in [7, 11) is 1.80. The number of anilines is 1. The Morgan fingerprint density at radius 1 is 1.27 bits per heavy atom. The Labute approximate surface area is 177 Å². The third kappa shape index (κ3) is 5.27. The van der Waals surface area contributed by atoms with Gasteiger partial charge in [-0.1, -0.05) is 12.1 Å². The number of nitrogens with zero attached hydrogens (tertiary/aromatic N) is 3. The topological polar surface area (TPSA) is 110 Å². The summed E-state index contributed by atoms with van der Waals surface area (Å²) in [5, 5.41) is 21.8. The number of aliphatic hydroxyl groups is 1. The molecule has 3 aromatic rings. The predicted octanol–water partition coefficient (Wildman–Crippen LogP) is 2.40. The highest BCUT2D eigenvalue weighted by Crippen LogP contribution is 2.31. The van der Waals surface area contributed by atoms with Crippen molar-refractivity contribution in [1.29, 1.82) is 0 Å². The van der Waals surface area contributed by atoms with Crippen LogP contribution < -0.4 is 21.1 Å². The fraction of sp³-hybridized carbons (Fsp3) is 0.455. The summed E-state index contributed by atoms with van der Waals surface area (Å²) in [4.78, 5) is 4.90. The molecule has 0 aliphatic rings. The average Bonchev–Trinajstić information content (AvgIpc) is 3.17. The van der Waals surface area contributed by atoms with Crippen LogP contribution in [-0.4, -0.2) is 59.3 Å². The molecule has 30 heavy (non-hydrogen) atoms. The van der Waals surface area contributed by atoms with Crippen molar-refractivity contribution in [3.05, 3.63) is 36.5 Å². The van der Waals surface area contributed by atoms with Crippen LogP contribution in [0.4, 0.5) is 5.69 Å². The maximum absolute atomic E-state index is 9.89. The van der Waals surface area contributed by atoms with Gasteiger partial charge in [0.25, 0.3) is 0 Å². The van der Waals surface area contributed by atoms with E-state index in [0.29, 0.717) is 18.8 Å². The van der Waals surface area contributed by atoms with Crippen LogP contribution in [-0.2, 0) is 0 Å². The monoisotopic (exact) mass is 412 g/mol. The minimum Gasteiger partial charge on any atom is -0.491 e.